The van der Waals surface area contributed by atoms with Crippen molar-refractivity contribution in [2.75, 3.05) is 0 Å². The third kappa shape index (κ3) is 3.00. The molecule has 1 heteroatoms. The Morgan fingerprint density at radius 3 is 1.83 bits per heavy atom. The molecule has 4 rings (SSSR count). The van der Waals surface area contributed by atoms with Gasteiger partial charge in [-0.05, 0) is 39.6 Å². The maximum atomic E-state index is 3.54. The predicted octanol–water partition coefficient (Wildman–Crippen LogP) is 6.78. The number of fused-ring (bicyclic) bond motifs is 1. The molecular formula is C23H17Br. The maximum absolute atomic E-state index is 3.54. The molecule has 0 nitrogen and oxygen atoms in total. The van der Waals surface area contributed by atoms with Gasteiger partial charge in [-0.2, -0.15) is 0 Å². The van der Waals surface area contributed by atoms with Gasteiger partial charge < -0.3 is 0 Å². The van der Waals surface area contributed by atoms with E-state index in [9.17, 15) is 0 Å². The first-order chi connectivity index (χ1) is 11.8. The average molecular weight is 373 g/mol. The van der Waals surface area contributed by atoms with Crippen LogP contribution in [-0.2, 0) is 0 Å². The second-order valence-corrected chi connectivity index (χ2v) is 6.92. The lowest BCUT2D eigenvalue weighted by atomic mass is 9.84. The Morgan fingerprint density at radius 2 is 1.08 bits per heavy atom. The van der Waals surface area contributed by atoms with E-state index in [-0.39, 0.29) is 5.92 Å². The van der Waals surface area contributed by atoms with E-state index in [0.717, 1.165) is 4.47 Å². The molecule has 0 heterocycles. The second-order valence-electron chi connectivity index (χ2n) is 6.00. The number of halogens is 1. The third-order valence-corrected chi connectivity index (χ3v) is 4.97. The van der Waals surface area contributed by atoms with Gasteiger partial charge in [0.25, 0.3) is 0 Å². The molecular weight excluding hydrogens is 356 g/mol. The summed E-state index contributed by atoms with van der Waals surface area (Å²) in [5.74, 6) is 0.240. The normalized spacial score (nSPS) is 12.2. The van der Waals surface area contributed by atoms with Crippen LogP contribution in [0.1, 0.15) is 22.6 Å². The molecule has 0 bridgehead atoms. The van der Waals surface area contributed by atoms with Crippen LogP contribution in [0.25, 0.3) is 10.8 Å². The highest BCUT2D eigenvalue weighted by Gasteiger charge is 2.16. The number of hydrogen-bond acceptors (Lipinski definition) is 0. The van der Waals surface area contributed by atoms with Crippen molar-refractivity contribution in [3.05, 3.63) is 118 Å². The molecule has 0 spiro atoms. The van der Waals surface area contributed by atoms with Gasteiger partial charge >= 0.3 is 0 Å². The first-order valence-electron chi connectivity index (χ1n) is 8.10. The molecule has 0 saturated heterocycles. The van der Waals surface area contributed by atoms with Crippen LogP contribution >= 0.6 is 15.9 Å². The summed E-state index contributed by atoms with van der Waals surface area (Å²) in [4.78, 5) is 0. The standard InChI is InChI=1S/C23H17Br/c24-22-14-12-19(13-15-22)23(18-7-2-1-3-8-18)21-11-10-17-6-4-5-9-20(17)16-21/h1-16,23H. The van der Waals surface area contributed by atoms with Crippen LogP contribution in [0.3, 0.4) is 0 Å². The molecule has 0 radical (unpaired) electrons. The highest BCUT2D eigenvalue weighted by molar-refractivity contribution is 9.10. The summed E-state index contributed by atoms with van der Waals surface area (Å²) in [6.07, 6.45) is 0. The molecule has 0 fully saturated rings. The Balaban J connectivity index is 1.89. The van der Waals surface area contributed by atoms with E-state index in [4.69, 9.17) is 0 Å². The molecule has 1 atom stereocenters. The lowest BCUT2D eigenvalue weighted by Gasteiger charge is -2.19. The third-order valence-electron chi connectivity index (χ3n) is 4.44. The van der Waals surface area contributed by atoms with Gasteiger partial charge in [-0.15, -0.1) is 0 Å². The average Bonchev–Trinajstić information content (AvgIpc) is 2.64. The zero-order valence-electron chi connectivity index (χ0n) is 13.2. The first-order valence-corrected chi connectivity index (χ1v) is 8.90. The molecule has 0 aliphatic carbocycles. The van der Waals surface area contributed by atoms with Crippen LogP contribution in [0.15, 0.2) is 102 Å². The summed E-state index contributed by atoms with van der Waals surface area (Å²) < 4.78 is 1.11. The van der Waals surface area contributed by atoms with Crippen LogP contribution in [0.5, 0.6) is 0 Å². The van der Waals surface area contributed by atoms with Crippen molar-refractivity contribution in [2.24, 2.45) is 0 Å². The SMILES string of the molecule is Brc1ccc(C(c2ccccc2)c2ccc3ccccc3c2)cc1. The molecule has 0 amide bonds. The van der Waals surface area contributed by atoms with Gasteiger partial charge in [-0.1, -0.05) is 101 Å². The van der Waals surface area contributed by atoms with E-state index in [2.05, 4.69) is 113 Å². The number of benzene rings is 4. The first kappa shape index (κ1) is 15.2. The summed E-state index contributed by atoms with van der Waals surface area (Å²) in [6.45, 7) is 0. The Kier molecular flexibility index (Phi) is 4.18. The summed E-state index contributed by atoms with van der Waals surface area (Å²) in [5, 5.41) is 2.57. The molecule has 4 aromatic carbocycles. The van der Waals surface area contributed by atoms with Crippen LogP contribution in [0.2, 0.25) is 0 Å². The monoisotopic (exact) mass is 372 g/mol. The molecule has 0 N–H and O–H groups in total. The van der Waals surface area contributed by atoms with E-state index < -0.39 is 0 Å². The van der Waals surface area contributed by atoms with E-state index in [1.807, 2.05) is 0 Å². The van der Waals surface area contributed by atoms with Crippen molar-refractivity contribution in [1.29, 1.82) is 0 Å². The van der Waals surface area contributed by atoms with Crippen molar-refractivity contribution in [2.45, 2.75) is 5.92 Å². The maximum Gasteiger partial charge on any atom is 0.0340 e. The largest absolute Gasteiger partial charge is 0.0622 e. The predicted molar refractivity (Wildman–Crippen MR) is 105 cm³/mol. The molecule has 0 aromatic heterocycles. The zero-order valence-corrected chi connectivity index (χ0v) is 14.8. The zero-order chi connectivity index (χ0) is 16.4. The molecule has 0 aliphatic rings. The van der Waals surface area contributed by atoms with Crippen LogP contribution in [0.4, 0.5) is 0 Å². The fourth-order valence-electron chi connectivity index (χ4n) is 3.27. The Hall–Kier alpha value is -2.38. The summed E-state index contributed by atoms with van der Waals surface area (Å²) in [6, 6.07) is 34.7. The Labute approximate surface area is 150 Å². The van der Waals surface area contributed by atoms with E-state index in [0.29, 0.717) is 0 Å². The molecule has 116 valence electrons. The molecule has 4 aromatic rings. The van der Waals surface area contributed by atoms with E-state index >= 15 is 0 Å². The van der Waals surface area contributed by atoms with E-state index in [1.54, 1.807) is 0 Å². The fraction of sp³-hybridized carbons (Fsp3) is 0.0435. The van der Waals surface area contributed by atoms with Crippen molar-refractivity contribution in [3.8, 4) is 0 Å². The second kappa shape index (κ2) is 6.62. The molecule has 0 saturated carbocycles. The molecule has 0 aliphatic heterocycles. The molecule has 24 heavy (non-hydrogen) atoms. The van der Waals surface area contributed by atoms with Crippen molar-refractivity contribution < 1.29 is 0 Å². The van der Waals surface area contributed by atoms with Gasteiger partial charge in [0, 0.05) is 10.4 Å². The van der Waals surface area contributed by atoms with Gasteiger partial charge in [-0.3, -0.25) is 0 Å². The van der Waals surface area contributed by atoms with Gasteiger partial charge in [0.15, 0.2) is 0 Å². The number of rotatable bonds is 3. The van der Waals surface area contributed by atoms with Crippen LogP contribution in [0, 0.1) is 0 Å². The Bertz CT molecular complexity index is 956. The fourth-order valence-corrected chi connectivity index (χ4v) is 3.53. The summed E-state index contributed by atoms with van der Waals surface area (Å²) in [5.41, 5.74) is 3.94. The highest BCUT2D eigenvalue weighted by Crippen LogP contribution is 2.34. The van der Waals surface area contributed by atoms with Crippen molar-refractivity contribution in [3.63, 3.8) is 0 Å². The summed E-state index contributed by atoms with van der Waals surface area (Å²) >= 11 is 3.54. The minimum Gasteiger partial charge on any atom is -0.0622 e. The summed E-state index contributed by atoms with van der Waals surface area (Å²) in [7, 11) is 0. The van der Waals surface area contributed by atoms with Crippen molar-refractivity contribution >= 4 is 26.7 Å². The van der Waals surface area contributed by atoms with Gasteiger partial charge in [0.1, 0.15) is 0 Å². The van der Waals surface area contributed by atoms with Gasteiger partial charge in [0.05, 0.1) is 0 Å². The van der Waals surface area contributed by atoms with Crippen LogP contribution in [-0.4, -0.2) is 0 Å². The lowest BCUT2D eigenvalue weighted by Crippen LogP contribution is -2.03. The van der Waals surface area contributed by atoms with Crippen molar-refractivity contribution in [1.82, 2.24) is 0 Å². The highest BCUT2D eigenvalue weighted by atomic mass is 79.9. The smallest absolute Gasteiger partial charge is 0.0340 e. The van der Waals surface area contributed by atoms with Gasteiger partial charge in [0.2, 0.25) is 0 Å². The lowest BCUT2D eigenvalue weighted by molar-refractivity contribution is 0.979. The van der Waals surface area contributed by atoms with Gasteiger partial charge in [-0.25, -0.2) is 0 Å². The van der Waals surface area contributed by atoms with Crippen LogP contribution < -0.4 is 0 Å². The Morgan fingerprint density at radius 1 is 0.500 bits per heavy atom. The topological polar surface area (TPSA) is 0 Å². The minimum absolute atomic E-state index is 0.240. The van der Waals surface area contributed by atoms with E-state index in [1.165, 1.54) is 27.5 Å². The number of hydrogen-bond donors (Lipinski definition) is 0. The minimum atomic E-state index is 0.240. The molecule has 1 unspecified atom stereocenters. The quantitative estimate of drug-likeness (QED) is 0.347.